The number of hydrogen-bond acceptors (Lipinski definition) is 5. The van der Waals surface area contributed by atoms with Gasteiger partial charge in [0, 0.05) is 13.1 Å². The van der Waals surface area contributed by atoms with Gasteiger partial charge in [-0.2, -0.15) is 9.50 Å². The molecule has 28 heavy (non-hydrogen) atoms. The van der Waals surface area contributed by atoms with Crippen molar-refractivity contribution in [2.45, 2.75) is 39.9 Å². The molecule has 1 fully saturated rings. The Morgan fingerprint density at radius 1 is 1.32 bits per heavy atom. The van der Waals surface area contributed by atoms with Gasteiger partial charge in [0.2, 0.25) is 0 Å². The molecule has 0 aliphatic carbocycles. The van der Waals surface area contributed by atoms with Crippen LogP contribution in [-0.4, -0.2) is 38.8 Å². The second-order valence-electron chi connectivity index (χ2n) is 7.49. The van der Waals surface area contributed by atoms with Crippen molar-refractivity contribution in [3.8, 4) is 0 Å². The van der Waals surface area contributed by atoms with Crippen LogP contribution in [0.1, 0.15) is 30.4 Å². The standard InChI is InChI=1S/C20H24FN5O2/c1-12-10-25(8-7-17(12)28-11-15-5-4-6-16(21)9-15)18-13(2)22-20-23-14(3)24-26(20)19(18)27/h4-6,9,12,17H,7-8,10-11H2,1-3H3,(H,22,23,24). The van der Waals surface area contributed by atoms with Crippen LogP contribution in [0.4, 0.5) is 10.1 Å². The van der Waals surface area contributed by atoms with Crippen LogP contribution in [0.3, 0.4) is 0 Å². The van der Waals surface area contributed by atoms with Crippen LogP contribution in [0.25, 0.3) is 5.78 Å². The summed E-state index contributed by atoms with van der Waals surface area (Å²) in [7, 11) is 0. The highest BCUT2D eigenvalue weighted by atomic mass is 19.1. The number of piperidine rings is 1. The smallest absolute Gasteiger partial charge is 0.297 e. The van der Waals surface area contributed by atoms with Crippen molar-refractivity contribution >= 4 is 11.5 Å². The quantitative estimate of drug-likeness (QED) is 0.747. The van der Waals surface area contributed by atoms with Crippen molar-refractivity contribution in [3.63, 3.8) is 0 Å². The lowest BCUT2D eigenvalue weighted by Crippen LogP contribution is -2.45. The Labute approximate surface area is 162 Å². The van der Waals surface area contributed by atoms with Gasteiger partial charge < -0.3 is 9.64 Å². The third-order valence-electron chi connectivity index (χ3n) is 5.25. The lowest BCUT2D eigenvalue weighted by molar-refractivity contribution is -0.00511. The summed E-state index contributed by atoms with van der Waals surface area (Å²) >= 11 is 0. The molecule has 1 aliphatic heterocycles. The average Bonchev–Trinajstić information content (AvgIpc) is 3.01. The molecule has 1 aromatic carbocycles. The summed E-state index contributed by atoms with van der Waals surface area (Å²) in [6.07, 6.45) is 0.855. The van der Waals surface area contributed by atoms with E-state index in [1.807, 2.05) is 13.0 Å². The zero-order valence-electron chi connectivity index (χ0n) is 16.3. The molecule has 3 aromatic rings. The fourth-order valence-electron chi connectivity index (χ4n) is 3.89. The predicted octanol–water partition coefficient (Wildman–Crippen LogP) is 2.61. The monoisotopic (exact) mass is 385 g/mol. The molecule has 2 atom stereocenters. The lowest BCUT2D eigenvalue weighted by Gasteiger charge is -2.38. The fourth-order valence-corrected chi connectivity index (χ4v) is 3.89. The van der Waals surface area contributed by atoms with Gasteiger partial charge in [-0.25, -0.2) is 9.37 Å². The number of rotatable bonds is 4. The van der Waals surface area contributed by atoms with Gasteiger partial charge in [0.15, 0.2) is 0 Å². The van der Waals surface area contributed by atoms with Crippen LogP contribution >= 0.6 is 0 Å². The second-order valence-corrected chi connectivity index (χ2v) is 7.49. The van der Waals surface area contributed by atoms with Crippen molar-refractivity contribution in [1.82, 2.24) is 19.6 Å². The maximum absolute atomic E-state index is 13.3. The number of nitrogens with zero attached hydrogens (tertiary/aromatic N) is 4. The molecule has 8 heteroatoms. The van der Waals surface area contributed by atoms with Crippen molar-refractivity contribution in [3.05, 3.63) is 57.5 Å². The Bertz CT molecular complexity index is 1060. The van der Waals surface area contributed by atoms with Crippen LogP contribution < -0.4 is 10.5 Å². The van der Waals surface area contributed by atoms with E-state index >= 15 is 0 Å². The van der Waals surface area contributed by atoms with E-state index in [9.17, 15) is 9.18 Å². The van der Waals surface area contributed by atoms with Crippen LogP contribution in [0.5, 0.6) is 0 Å². The molecule has 7 nitrogen and oxygen atoms in total. The van der Waals surface area contributed by atoms with Crippen LogP contribution in [-0.2, 0) is 11.3 Å². The van der Waals surface area contributed by atoms with Crippen molar-refractivity contribution in [2.24, 2.45) is 5.92 Å². The third kappa shape index (κ3) is 3.52. The Morgan fingerprint density at radius 3 is 2.89 bits per heavy atom. The second kappa shape index (κ2) is 7.35. The molecule has 3 heterocycles. The Kier molecular flexibility index (Phi) is 4.89. The minimum Gasteiger partial charge on any atom is -0.373 e. The summed E-state index contributed by atoms with van der Waals surface area (Å²) in [5.41, 5.74) is 1.99. The molecule has 0 saturated carbocycles. The first kappa shape index (κ1) is 18.6. The molecule has 148 valence electrons. The number of fused-ring (bicyclic) bond motifs is 1. The number of benzene rings is 1. The topological polar surface area (TPSA) is 75.5 Å². The molecule has 0 bridgehead atoms. The molecule has 0 radical (unpaired) electrons. The van der Waals surface area contributed by atoms with Crippen molar-refractivity contribution < 1.29 is 9.13 Å². The maximum Gasteiger partial charge on any atom is 0.297 e. The Hall–Kier alpha value is -2.74. The van der Waals surface area contributed by atoms with E-state index in [1.54, 1.807) is 13.0 Å². The largest absolute Gasteiger partial charge is 0.373 e. The molecule has 0 amide bonds. The summed E-state index contributed by atoms with van der Waals surface area (Å²) in [4.78, 5) is 23.7. The highest BCUT2D eigenvalue weighted by Crippen LogP contribution is 2.25. The van der Waals surface area contributed by atoms with Crippen LogP contribution in [0, 0.1) is 25.6 Å². The number of aryl methyl sites for hydroxylation is 2. The first-order valence-corrected chi connectivity index (χ1v) is 9.49. The molecule has 4 rings (SSSR count). The zero-order valence-corrected chi connectivity index (χ0v) is 16.3. The number of nitrogens with one attached hydrogen (secondary N) is 1. The highest BCUT2D eigenvalue weighted by Gasteiger charge is 2.29. The van der Waals surface area contributed by atoms with E-state index in [4.69, 9.17) is 4.74 Å². The van der Waals surface area contributed by atoms with Gasteiger partial charge in [0.1, 0.15) is 17.3 Å². The van der Waals surface area contributed by atoms with E-state index in [-0.39, 0.29) is 23.4 Å². The van der Waals surface area contributed by atoms with Crippen LogP contribution in [0.2, 0.25) is 0 Å². The molecule has 1 N–H and O–H groups in total. The third-order valence-corrected chi connectivity index (χ3v) is 5.25. The van der Waals surface area contributed by atoms with Gasteiger partial charge in [0.25, 0.3) is 11.3 Å². The SMILES string of the molecule is Cc1nc2nc(C)c(N3CCC(OCc4cccc(F)c4)C(C)C3)c(=O)n2[nH]1. The number of anilines is 1. The number of halogens is 1. The van der Waals surface area contributed by atoms with Gasteiger partial charge >= 0.3 is 0 Å². The number of aromatic nitrogens is 4. The molecule has 0 spiro atoms. The number of aromatic amines is 1. The minimum absolute atomic E-state index is 0.0636. The first-order valence-electron chi connectivity index (χ1n) is 9.49. The van der Waals surface area contributed by atoms with Crippen molar-refractivity contribution in [2.75, 3.05) is 18.0 Å². The lowest BCUT2D eigenvalue weighted by atomic mass is 9.96. The Balaban J connectivity index is 1.48. The number of ether oxygens (including phenoxy) is 1. The van der Waals surface area contributed by atoms with E-state index in [0.717, 1.165) is 12.0 Å². The Morgan fingerprint density at radius 2 is 2.14 bits per heavy atom. The van der Waals surface area contributed by atoms with Gasteiger partial charge in [-0.1, -0.05) is 19.1 Å². The first-order chi connectivity index (χ1) is 13.4. The maximum atomic E-state index is 13.3. The molecule has 2 aromatic heterocycles. The summed E-state index contributed by atoms with van der Waals surface area (Å²) in [6.45, 7) is 7.54. The summed E-state index contributed by atoms with van der Waals surface area (Å²) in [5.74, 6) is 1.02. The summed E-state index contributed by atoms with van der Waals surface area (Å²) in [6, 6.07) is 6.48. The van der Waals surface area contributed by atoms with E-state index in [0.29, 0.717) is 42.7 Å². The minimum atomic E-state index is -0.253. The molecule has 1 aliphatic rings. The highest BCUT2D eigenvalue weighted by molar-refractivity contribution is 5.52. The molecule has 1 saturated heterocycles. The fraction of sp³-hybridized carbons (Fsp3) is 0.450. The van der Waals surface area contributed by atoms with E-state index in [2.05, 4.69) is 26.9 Å². The van der Waals surface area contributed by atoms with Gasteiger partial charge in [-0.05, 0) is 43.9 Å². The van der Waals surface area contributed by atoms with E-state index in [1.165, 1.54) is 16.6 Å². The zero-order chi connectivity index (χ0) is 19.8. The normalized spacial score (nSPS) is 20.1. The summed E-state index contributed by atoms with van der Waals surface area (Å²) in [5, 5.41) is 2.95. The average molecular weight is 385 g/mol. The van der Waals surface area contributed by atoms with Gasteiger partial charge in [0.05, 0.1) is 18.4 Å². The van der Waals surface area contributed by atoms with Crippen LogP contribution in [0.15, 0.2) is 29.1 Å². The molecular weight excluding hydrogens is 361 g/mol. The summed E-state index contributed by atoms with van der Waals surface area (Å²) < 4.78 is 20.8. The van der Waals surface area contributed by atoms with E-state index < -0.39 is 0 Å². The number of hydrogen-bond donors (Lipinski definition) is 1. The van der Waals surface area contributed by atoms with Gasteiger partial charge in [-0.3, -0.25) is 9.89 Å². The predicted molar refractivity (Wildman–Crippen MR) is 104 cm³/mol. The van der Waals surface area contributed by atoms with Crippen molar-refractivity contribution in [1.29, 1.82) is 0 Å². The molecular formula is C20H24FN5O2. The number of H-pyrrole nitrogens is 1. The van der Waals surface area contributed by atoms with Gasteiger partial charge in [-0.15, -0.1) is 0 Å². The molecule has 2 unspecified atom stereocenters.